The van der Waals surface area contributed by atoms with Gasteiger partial charge in [0.25, 0.3) is 5.89 Å². The summed E-state index contributed by atoms with van der Waals surface area (Å²) in [6.07, 6.45) is 1.54. The van der Waals surface area contributed by atoms with Crippen molar-refractivity contribution in [3.05, 3.63) is 41.6 Å². The first kappa shape index (κ1) is 10.9. The molecule has 0 unspecified atom stereocenters. The predicted molar refractivity (Wildman–Crippen MR) is 66.9 cm³/mol. The van der Waals surface area contributed by atoms with E-state index in [1.807, 2.05) is 0 Å². The van der Waals surface area contributed by atoms with E-state index in [-0.39, 0.29) is 0 Å². The Hall–Kier alpha value is -2.27. The minimum Gasteiger partial charge on any atom is -0.461 e. The van der Waals surface area contributed by atoms with E-state index in [1.165, 1.54) is 0 Å². The molecule has 0 atom stereocenters. The number of halogens is 1. The molecule has 3 aromatic rings. The van der Waals surface area contributed by atoms with Crippen LogP contribution in [0.1, 0.15) is 0 Å². The van der Waals surface area contributed by atoms with Crippen LogP contribution in [-0.2, 0) is 0 Å². The molecule has 2 aromatic heterocycles. The number of nitrogen functional groups attached to an aromatic ring is 1. The van der Waals surface area contributed by atoms with Gasteiger partial charge in [-0.1, -0.05) is 16.8 Å². The van der Waals surface area contributed by atoms with Crippen LogP contribution in [0.25, 0.3) is 23.0 Å². The zero-order valence-electron chi connectivity index (χ0n) is 9.13. The van der Waals surface area contributed by atoms with Crippen LogP contribution in [0.4, 0.5) is 5.69 Å². The van der Waals surface area contributed by atoms with Crippen LogP contribution in [0.2, 0.25) is 5.02 Å². The number of anilines is 1. The smallest absolute Gasteiger partial charge is 0.260 e. The molecule has 18 heavy (non-hydrogen) atoms. The van der Waals surface area contributed by atoms with Gasteiger partial charge in [0.2, 0.25) is 5.82 Å². The van der Waals surface area contributed by atoms with Crippen LogP contribution in [0.5, 0.6) is 0 Å². The highest BCUT2D eigenvalue weighted by molar-refractivity contribution is 6.31. The Labute approximate surface area is 107 Å². The van der Waals surface area contributed by atoms with Gasteiger partial charge >= 0.3 is 0 Å². The van der Waals surface area contributed by atoms with Gasteiger partial charge < -0.3 is 14.7 Å². The van der Waals surface area contributed by atoms with Crippen LogP contribution in [-0.4, -0.2) is 10.1 Å². The molecular weight excluding hydrogens is 254 g/mol. The average molecular weight is 262 g/mol. The Kier molecular flexibility index (Phi) is 2.53. The summed E-state index contributed by atoms with van der Waals surface area (Å²) in [7, 11) is 0. The topological polar surface area (TPSA) is 78.1 Å². The molecule has 0 amide bonds. The molecule has 0 bridgehead atoms. The Balaban J connectivity index is 2.03. The van der Waals surface area contributed by atoms with E-state index in [9.17, 15) is 0 Å². The van der Waals surface area contributed by atoms with E-state index in [0.29, 0.717) is 33.7 Å². The quantitative estimate of drug-likeness (QED) is 0.717. The van der Waals surface area contributed by atoms with E-state index in [1.54, 1.807) is 36.6 Å². The van der Waals surface area contributed by atoms with Gasteiger partial charge in [-0.05, 0) is 30.3 Å². The van der Waals surface area contributed by atoms with Gasteiger partial charge in [0.1, 0.15) is 0 Å². The van der Waals surface area contributed by atoms with E-state index in [4.69, 9.17) is 26.3 Å². The van der Waals surface area contributed by atoms with E-state index in [2.05, 4.69) is 10.1 Å². The van der Waals surface area contributed by atoms with Crippen LogP contribution in [0.3, 0.4) is 0 Å². The molecule has 0 aliphatic heterocycles. The molecule has 0 saturated heterocycles. The first-order valence-electron chi connectivity index (χ1n) is 5.17. The molecule has 0 aliphatic carbocycles. The zero-order chi connectivity index (χ0) is 12.5. The standard InChI is InChI=1S/C12H8ClN3O2/c13-7-3-4-8(9(14)6-7)12-15-11(16-18-12)10-2-1-5-17-10/h1-6H,14H2. The first-order chi connectivity index (χ1) is 8.74. The summed E-state index contributed by atoms with van der Waals surface area (Å²) in [5, 5.41) is 4.39. The minimum absolute atomic E-state index is 0.329. The molecule has 2 N–H and O–H groups in total. The molecule has 0 aliphatic rings. The number of nitrogens with zero attached hydrogens (tertiary/aromatic N) is 2. The molecule has 0 spiro atoms. The molecule has 0 saturated carbocycles. The molecule has 6 heteroatoms. The number of benzene rings is 1. The van der Waals surface area contributed by atoms with Gasteiger partial charge in [-0.25, -0.2) is 0 Å². The van der Waals surface area contributed by atoms with Crippen molar-refractivity contribution in [2.24, 2.45) is 0 Å². The van der Waals surface area contributed by atoms with Crippen molar-refractivity contribution in [3.8, 4) is 23.0 Å². The minimum atomic E-state index is 0.329. The van der Waals surface area contributed by atoms with Gasteiger partial charge in [-0.15, -0.1) is 0 Å². The SMILES string of the molecule is Nc1cc(Cl)ccc1-c1nc(-c2ccco2)no1. The van der Waals surface area contributed by atoms with Crippen molar-refractivity contribution in [2.45, 2.75) is 0 Å². The third kappa shape index (κ3) is 1.84. The van der Waals surface area contributed by atoms with Crippen molar-refractivity contribution in [2.75, 3.05) is 5.73 Å². The second kappa shape index (κ2) is 4.19. The molecule has 1 aromatic carbocycles. The van der Waals surface area contributed by atoms with E-state index >= 15 is 0 Å². The molecule has 0 fully saturated rings. The summed E-state index contributed by atoms with van der Waals surface area (Å²) in [6.45, 7) is 0. The summed E-state index contributed by atoms with van der Waals surface area (Å²) in [4.78, 5) is 4.22. The number of hydrogen-bond acceptors (Lipinski definition) is 5. The fourth-order valence-electron chi connectivity index (χ4n) is 1.57. The Bertz CT molecular complexity index is 676. The lowest BCUT2D eigenvalue weighted by molar-refractivity contribution is 0.429. The molecule has 90 valence electrons. The lowest BCUT2D eigenvalue weighted by atomic mass is 10.2. The number of hydrogen-bond donors (Lipinski definition) is 1. The summed E-state index contributed by atoms with van der Waals surface area (Å²) >= 11 is 5.83. The van der Waals surface area contributed by atoms with Gasteiger partial charge in [-0.2, -0.15) is 4.98 Å². The fourth-order valence-corrected chi connectivity index (χ4v) is 1.75. The molecule has 0 radical (unpaired) electrons. The maximum Gasteiger partial charge on any atom is 0.260 e. The predicted octanol–water partition coefficient (Wildman–Crippen LogP) is 3.23. The Morgan fingerprint density at radius 2 is 2.11 bits per heavy atom. The van der Waals surface area contributed by atoms with E-state index in [0.717, 1.165) is 0 Å². The normalized spacial score (nSPS) is 10.7. The highest BCUT2D eigenvalue weighted by Crippen LogP contribution is 2.28. The number of rotatable bonds is 2. The van der Waals surface area contributed by atoms with Crippen molar-refractivity contribution >= 4 is 17.3 Å². The maximum atomic E-state index is 5.85. The van der Waals surface area contributed by atoms with Crippen molar-refractivity contribution < 1.29 is 8.94 Å². The average Bonchev–Trinajstić information content (AvgIpc) is 2.99. The zero-order valence-corrected chi connectivity index (χ0v) is 9.89. The van der Waals surface area contributed by atoms with Crippen molar-refractivity contribution in [1.82, 2.24) is 10.1 Å². The maximum absolute atomic E-state index is 5.85. The van der Waals surface area contributed by atoms with Crippen LogP contribution < -0.4 is 5.73 Å². The monoisotopic (exact) mass is 261 g/mol. The van der Waals surface area contributed by atoms with Gasteiger partial charge in [0.05, 0.1) is 11.8 Å². The second-order valence-electron chi connectivity index (χ2n) is 3.63. The summed E-state index contributed by atoms with van der Waals surface area (Å²) in [5.74, 6) is 1.25. The number of aromatic nitrogens is 2. The van der Waals surface area contributed by atoms with E-state index < -0.39 is 0 Å². The third-order valence-corrected chi connectivity index (χ3v) is 2.65. The van der Waals surface area contributed by atoms with Crippen LogP contribution >= 0.6 is 11.6 Å². The summed E-state index contributed by atoms with van der Waals surface area (Å²) in [6, 6.07) is 8.58. The fraction of sp³-hybridized carbons (Fsp3) is 0. The van der Waals surface area contributed by atoms with Crippen molar-refractivity contribution in [3.63, 3.8) is 0 Å². The number of furan rings is 1. The van der Waals surface area contributed by atoms with Gasteiger partial charge in [-0.3, -0.25) is 0 Å². The lowest BCUT2D eigenvalue weighted by Gasteiger charge is -1.99. The second-order valence-corrected chi connectivity index (χ2v) is 4.07. The highest BCUT2D eigenvalue weighted by Gasteiger charge is 2.14. The summed E-state index contributed by atoms with van der Waals surface area (Å²) < 4.78 is 10.3. The largest absolute Gasteiger partial charge is 0.461 e. The first-order valence-corrected chi connectivity index (χ1v) is 5.55. The molecule has 3 rings (SSSR count). The number of nitrogens with two attached hydrogens (primary N) is 1. The van der Waals surface area contributed by atoms with Crippen LogP contribution in [0.15, 0.2) is 45.5 Å². The molecule has 2 heterocycles. The molecular formula is C12H8ClN3O2. The van der Waals surface area contributed by atoms with Crippen molar-refractivity contribution in [1.29, 1.82) is 0 Å². The Morgan fingerprint density at radius 1 is 1.22 bits per heavy atom. The Morgan fingerprint density at radius 3 is 2.83 bits per heavy atom. The van der Waals surface area contributed by atoms with Gasteiger partial charge in [0, 0.05) is 10.7 Å². The molecule has 5 nitrogen and oxygen atoms in total. The highest BCUT2D eigenvalue weighted by atomic mass is 35.5. The van der Waals surface area contributed by atoms with Crippen LogP contribution in [0, 0.1) is 0 Å². The van der Waals surface area contributed by atoms with Gasteiger partial charge in [0.15, 0.2) is 5.76 Å². The lowest BCUT2D eigenvalue weighted by Crippen LogP contribution is -1.89. The third-order valence-electron chi connectivity index (χ3n) is 2.41. The summed E-state index contributed by atoms with van der Waals surface area (Å²) in [5.41, 5.74) is 6.97.